The lowest BCUT2D eigenvalue weighted by molar-refractivity contribution is 0.420. The fourth-order valence-electron chi connectivity index (χ4n) is 2.50. The van der Waals surface area contributed by atoms with Crippen LogP contribution in [0.2, 0.25) is 0 Å². The second-order valence-corrected chi connectivity index (χ2v) is 5.08. The third-order valence-corrected chi connectivity index (χ3v) is 3.60. The van der Waals surface area contributed by atoms with Crippen molar-refractivity contribution >= 4 is 24.1 Å². The molecule has 0 spiro atoms. The number of allylic oxidation sites excluding steroid dienone is 4. The number of nitrogens with zero attached hydrogens (tertiary/aromatic N) is 1. The van der Waals surface area contributed by atoms with Crippen molar-refractivity contribution in [3.05, 3.63) is 90.6 Å². The van der Waals surface area contributed by atoms with Gasteiger partial charge in [0, 0.05) is 17.5 Å². The zero-order valence-electron chi connectivity index (χ0n) is 12.1. The van der Waals surface area contributed by atoms with Crippen LogP contribution in [0.3, 0.4) is 0 Å². The van der Waals surface area contributed by atoms with Gasteiger partial charge in [0.15, 0.2) is 0 Å². The molecule has 0 atom stereocenters. The Bertz CT molecular complexity index is 751. The molecule has 0 saturated heterocycles. The van der Waals surface area contributed by atoms with Gasteiger partial charge in [0.1, 0.15) is 0 Å². The summed E-state index contributed by atoms with van der Waals surface area (Å²) < 4.78 is 0. The smallest absolute Gasteiger partial charge is 0.423 e. The normalized spacial score (nSPS) is 17.8. The van der Waals surface area contributed by atoms with Gasteiger partial charge in [-0.25, -0.2) is 0 Å². The van der Waals surface area contributed by atoms with Crippen LogP contribution in [0.5, 0.6) is 0 Å². The second kappa shape index (κ2) is 6.06. The summed E-state index contributed by atoms with van der Waals surface area (Å²) in [5, 5.41) is 19.0. The minimum atomic E-state index is -1.53. The van der Waals surface area contributed by atoms with E-state index in [0.29, 0.717) is 5.47 Å². The van der Waals surface area contributed by atoms with E-state index in [1.165, 1.54) is 0 Å². The molecule has 0 fully saturated rings. The van der Waals surface area contributed by atoms with E-state index < -0.39 is 7.12 Å². The topological polar surface area (TPSA) is 43.7 Å². The molecule has 0 aliphatic carbocycles. The maximum absolute atomic E-state index is 9.49. The lowest BCUT2D eigenvalue weighted by Gasteiger charge is -2.25. The van der Waals surface area contributed by atoms with Crippen LogP contribution in [-0.4, -0.2) is 17.2 Å². The molecule has 1 aliphatic rings. The first kappa shape index (κ1) is 14.4. The van der Waals surface area contributed by atoms with Crippen LogP contribution in [0.4, 0.5) is 11.4 Å². The molecule has 2 aromatic carbocycles. The first-order valence-electron chi connectivity index (χ1n) is 7.05. The standard InChI is InChI=1S/C18H16BNO2/c1-14-13-15(19(21)22)11-12-20(16-7-3-2-4-8-16)18-10-6-5-9-17(14)18/h2-13,21-22H,1H2/b12-11-,15-13+. The van der Waals surface area contributed by atoms with E-state index in [2.05, 4.69) is 6.58 Å². The van der Waals surface area contributed by atoms with E-state index in [0.717, 1.165) is 22.5 Å². The molecule has 2 aromatic rings. The molecule has 0 saturated carbocycles. The Morgan fingerprint density at radius 3 is 2.32 bits per heavy atom. The van der Waals surface area contributed by atoms with E-state index in [1.807, 2.05) is 65.7 Å². The first-order valence-corrected chi connectivity index (χ1v) is 7.05. The van der Waals surface area contributed by atoms with Gasteiger partial charge < -0.3 is 14.9 Å². The first-order chi connectivity index (χ1) is 10.7. The molecular formula is C18H16BNO2. The minimum Gasteiger partial charge on any atom is -0.423 e. The number of rotatable bonds is 2. The van der Waals surface area contributed by atoms with Gasteiger partial charge >= 0.3 is 7.12 Å². The van der Waals surface area contributed by atoms with Gasteiger partial charge in [-0.2, -0.15) is 0 Å². The van der Waals surface area contributed by atoms with Gasteiger partial charge in [-0.15, -0.1) is 0 Å². The zero-order valence-corrected chi connectivity index (χ0v) is 12.1. The van der Waals surface area contributed by atoms with Crippen LogP contribution in [0, 0.1) is 0 Å². The Morgan fingerprint density at radius 1 is 0.909 bits per heavy atom. The molecule has 3 nitrogen and oxygen atoms in total. The molecule has 22 heavy (non-hydrogen) atoms. The monoisotopic (exact) mass is 289 g/mol. The Hall–Kier alpha value is -2.56. The van der Waals surface area contributed by atoms with Crippen molar-refractivity contribution in [3.8, 4) is 0 Å². The summed E-state index contributed by atoms with van der Waals surface area (Å²) in [6, 6.07) is 17.8. The van der Waals surface area contributed by atoms with E-state index in [-0.39, 0.29) is 0 Å². The average molecular weight is 289 g/mol. The molecule has 0 radical (unpaired) electrons. The third kappa shape index (κ3) is 2.75. The molecule has 1 aliphatic heterocycles. The summed E-state index contributed by atoms with van der Waals surface area (Å²) in [6.45, 7) is 4.06. The molecule has 3 rings (SSSR count). The van der Waals surface area contributed by atoms with Crippen LogP contribution in [0.1, 0.15) is 5.56 Å². The highest BCUT2D eigenvalue weighted by molar-refractivity contribution is 6.52. The van der Waals surface area contributed by atoms with E-state index in [4.69, 9.17) is 0 Å². The van der Waals surface area contributed by atoms with Gasteiger partial charge in [0.05, 0.1) is 5.69 Å². The highest BCUT2D eigenvalue weighted by Crippen LogP contribution is 2.34. The summed E-state index contributed by atoms with van der Waals surface area (Å²) in [4.78, 5) is 2.01. The maximum Gasteiger partial charge on any atom is 0.488 e. The molecule has 4 heteroatoms. The number of fused-ring (bicyclic) bond motifs is 1. The molecule has 0 unspecified atom stereocenters. The highest BCUT2D eigenvalue weighted by atomic mass is 16.4. The lowest BCUT2D eigenvalue weighted by Crippen LogP contribution is -2.17. The zero-order chi connectivity index (χ0) is 15.5. The predicted octanol–water partition coefficient (Wildman–Crippen LogP) is 3.30. The number of anilines is 2. The fraction of sp³-hybridized carbons (Fsp3) is 0. The molecule has 1 heterocycles. The summed E-state index contributed by atoms with van der Waals surface area (Å²) in [7, 11) is -1.53. The van der Waals surface area contributed by atoms with Crippen LogP contribution < -0.4 is 4.90 Å². The van der Waals surface area contributed by atoms with Gasteiger partial charge in [-0.3, -0.25) is 0 Å². The maximum atomic E-state index is 9.49. The molecular weight excluding hydrogens is 273 g/mol. The summed E-state index contributed by atoms with van der Waals surface area (Å²) in [6.07, 6.45) is 5.23. The van der Waals surface area contributed by atoms with Crippen LogP contribution in [-0.2, 0) is 0 Å². The Labute approximate surface area is 130 Å². The van der Waals surface area contributed by atoms with Crippen molar-refractivity contribution in [2.75, 3.05) is 4.90 Å². The predicted molar refractivity (Wildman–Crippen MR) is 91.5 cm³/mol. The van der Waals surface area contributed by atoms with Crippen molar-refractivity contribution in [2.45, 2.75) is 0 Å². The van der Waals surface area contributed by atoms with Crippen molar-refractivity contribution in [1.82, 2.24) is 0 Å². The van der Waals surface area contributed by atoms with Crippen molar-refractivity contribution < 1.29 is 10.0 Å². The highest BCUT2D eigenvalue weighted by Gasteiger charge is 2.18. The van der Waals surface area contributed by atoms with Gasteiger partial charge in [0.25, 0.3) is 0 Å². The van der Waals surface area contributed by atoms with Gasteiger partial charge in [0.2, 0.25) is 0 Å². The average Bonchev–Trinajstić information content (AvgIpc) is 2.53. The lowest BCUT2D eigenvalue weighted by atomic mass is 9.77. The number of hydrogen-bond acceptors (Lipinski definition) is 3. The molecule has 108 valence electrons. The van der Waals surface area contributed by atoms with Crippen LogP contribution in [0.25, 0.3) is 5.57 Å². The fourth-order valence-corrected chi connectivity index (χ4v) is 2.50. The van der Waals surface area contributed by atoms with E-state index in [9.17, 15) is 10.0 Å². The van der Waals surface area contributed by atoms with E-state index in [1.54, 1.807) is 12.2 Å². The van der Waals surface area contributed by atoms with Gasteiger partial charge in [-0.05, 0) is 35.3 Å². The second-order valence-electron chi connectivity index (χ2n) is 5.08. The molecule has 2 N–H and O–H groups in total. The number of benzene rings is 2. The summed E-state index contributed by atoms with van der Waals surface area (Å²) in [5.74, 6) is 0. The molecule has 0 amide bonds. The van der Waals surface area contributed by atoms with Crippen LogP contribution >= 0.6 is 0 Å². The van der Waals surface area contributed by atoms with Crippen molar-refractivity contribution in [2.24, 2.45) is 0 Å². The summed E-state index contributed by atoms with van der Waals surface area (Å²) >= 11 is 0. The quantitative estimate of drug-likeness (QED) is 0.834. The largest absolute Gasteiger partial charge is 0.488 e. The number of hydrogen-bond donors (Lipinski definition) is 2. The Kier molecular flexibility index (Phi) is 3.96. The Balaban J connectivity index is 2.19. The summed E-state index contributed by atoms with van der Waals surface area (Å²) in [5.41, 5.74) is 4.09. The molecule has 0 aromatic heterocycles. The van der Waals surface area contributed by atoms with Crippen LogP contribution in [0.15, 0.2) is 85.0 Å². The van der Waals surface area contributed by atoms with Crippen molar-refractivity contribution in [1.29, 1.82) is 0 Å². The minimum absolute atomic E-state index is 0.403. The molecule has 0 bridgehead atoms. The SMILES string of the molecule is C=C1/C=C(B(O)O)\C=C/N(c2ccccc2)c2ccccc21. The van der Waals surface area contributed by atoms with Gasteiger partial charge in [-0.1, -0.05) is 49.1 Å². The third-order valence-electron chi connectivity index (χ3n) is 3.60. The number of para-hydroxylation sites is 2. The van der Waals surface area contributed by atoms with E-state index >= 15 is 0 Å². The Morgan fingerprint density at radius 2 is 1.59 bits per heavy atom. The van der Waals surface area contributed by atoms with Crippen molar-refractivity contribution in [3.63, 3.8) is 0 Å².